The average Bonchev–Trinajstić information content (AvgIpc) is 2.05. The number of rotatable bonds is 2. The van der Waals surface area contributed by atoms with Gasteiger partial charge in [0.15, 0.2) is 6.29 Å². The molecule has 0 spiro atoms. The minimum Gasteiger partial charge on any atom is -0.378 e. The van der Waals surface area contributed by atoms with Crippen molar-refractivity contribution in [1.82, 2.24) is 0 Å². The van der Waals surface area contributed by atoms with Crippen molar-refractivity contribution in [3.63, 3.8) is 0 Å². The summed E-state index contributed by atoms with van der Waals surface area (Å²) in [6.07, 6.45) is 0.551. The Hall–Kier alpha value is -1.15. The molecule has 2 heteroatoms. The maximum Gasteiger partial charge on any atom is 0.155 e. The second-order valence-corrected chi connectivity index (χ2v) is 3.08. The summed E-state index contributed by atoms with van der Waals surface area (Å²) in [7, 11) is 0. The monoisotopic (exact) mass is 164 g/mol. The molecule has 0 bridgehead atoms. The summed E-state index contributed by atoms with van der Waals surface area (Å²) in [5, 5.41) is 9.61. The SMILES string of the molecule is Cc1ccccc1C(C)(O)C=O. The number of benzene rings is 1. The zero-order chi connectivity index (χ0) is 9.19. The van der Waals surface area contributed by atoms with Gasteiger partial charge >= 0.3 is 0 Å². The Morgan fingerprint density at radius 1 is 1.42 bits per heavy atom. The van der Waals surface area contributed by atoms with Crippen molar-refractivity contribution in [2.45, 2.75) is 19.4 Å². The summed E-state index contributed by atoms with van der Waals surface area (Å²) in [5.74, 6) is 0. The highest BCUT2D eigenvalue weighted by atomic mass is 16.3. The third kappa shape index (κ3) is 1.53. The molecule has 0 aliphatic rings. The van der Waals surface area contributed by atoms with Crippen LogP contribution < -0.4 is 0 Å². The number of hydrogen-bond donors (Lipinski definition) is 1. The molecule has 1 atom stereocenters. The molecule has 1 aromatic rings. The van der Waals surface area contributed by atoms with Crippen LogP contribution >= 0.6 is 0 Å². The lowest BCUT2D eigenvalue weighted by Crippen LogP contribution is -2.23. The van der Waals surface area contributed by atoms with Crippen molar-refractivity contribution in [3.8, 4) is 0 Å². The molecule has 0 saturated heterocycles. The van der Waals surface area contributed by atoms with Crippen molar-refractivity contribution < 1.29 is 9.90 Å². The van der Waals surface area contributed by atoms with E-state index in [0.29, 0.717) is 11.8 Å². The second-order valence-electron chi connectivity index (χ2n) is 3.08. The van der Waals surface area contributed by atoms with E-state index < -0.39 is 5.60 Å². The molecule has 1 unspecified atom stereocenters. The molecule has 0 aliphatic carbocycles. The minimum atomic E-state index is -1.36. The standard InChI is InChI=1S/C10H12O2/c1-8-5-3-4-6-9(8)10(2,12)7-11/h3-7,12H,1-2H3. The molecule has 1 N–H and O–H groups in total. The lowest BCUT2D eigenvalue weighted by Gasteiger charge is -2.18. The van der Waals surface area contributed by atoms with E-state index in [2.05, 4.69) is 0 Å². The predicted molar refractivity (Wildman–Crippen MR) is 46.8 cm³/mol. The van der Waals surface area contributed by atoms with E-state index >= 15 is 0 Å². The quantitative estimate of drug-likeness (QED) is 0.671. The van der Waals surface area contributed by atoms with Crippen LogP contribution in [-0.4, -0.2) is 11.4 Å². The van der Waals surface area contributed by atoms with Gasteiger partial charge < -0.3 is 5.11 Å². The average molecular weight is 164 g/mol. The van der Waals surface area contributed by atoms with E-state index in [1.165, 1.54) is 6.92 Å². The molecule has 2 nitrogen and oxygen atoms in total. The van der Waals surface area contributed by atoms with Crippen molar-refractivity contribution >= 4 is 6.29 Å². The third-order valence-corrected chi connectivity index (χ3v) is 1.92. The van der Waals surface area contributed by atoms with Crippen LogP contribution in [0.4, 0.5) is 0 Å². The zero-order valence-electron chi connectivity index (χ0n) is 7.24. The van der Waals surface area contributed by atoms with Gasteiger partial charge in [0.1, 0.15) is 5.60 Å². The molecule has 1 rings (SSSR count). The number of hydrogen-bond acceptors (Lipinski definition) is 2. The highest BCUT2D eigenvalue weighted by Crippen LogP contribution is 2.20. The van der Waals surface area contributed by atoms with E-state index in [1.54, 1.807) is 12.1 Å². The Balaban J connectivity index is 3.19. The van der Waals surface area contributed by atoms with E-state index in [9.17, 15) is 9.90 Å². The first-order valence-electron chi connectivity index (χ1n) is 3.83. The molecule has 12 heavy (non-hydrogen) atoms. The Labute approximate surface area is 71.8 Å². The molecular weight excluding hydrogens is 152 g/mol. The zero-order valence-corrected chi connectivity index (χ0v) is 7.24. The minimum absolute atomic E-state index is 0.551. The summed E-state index contributed by atoms with van der Waals surface area (Å²) in [6, 6.07) is 7.30. The van der Waals surface area contributed by atoms with Crippen LogP contribution in [0.2, 0.25) is 0 Å². The molecule has 0 saturated carbocycles. The van der Waals surface area contributed by atoms with Crippen LogP contribution in [0.3, 0.4) is 0 Å². The summed E-state index contributed by atoms with van der Waals surface area (Å²) < 4.78 is 0. The molecule has 0 amide bonds. The largest absolute Gasteiger partial charge is 0.378 e. The number of aliphatic hydroxyl groups is 1. The topological polar surface area (TPSA) is 37.3 Å². The van der Waals surface area contributed by atoms with Crippen molar-refractivity contribution in [1.29, 1.82) is 0 Å². The molecule has 0 fully saturated rings. The molecular formula is C10H12O2. The predicted octanol–water partition coefficient (Wildman–Crippen LogP) is 1.40. The fraction of sp³-hybridized carbons (Fsp3) is 0.300. The van der Waals surface area contributed by atoms with Gasteiger partial charge in [0, 0.05) is 0 Å². The summed E-state index contributed by atoms with van der Waals surface area (Å²) in [5.41, 5.74) is 0.236. The smallest absolute Gasteiger partial charge is 0.155 e. The van der Waals surface area contributed by atoms with Crippen LogP contribution in [0.1, 0.15) is 18.1 Å². The number of aryl methyl sites for hydroxylation is 1. The fourth-order valence-electron chi connectivity index (χ4n) is 1.20. The first kappa shape index (κ1) is 8.94. The van der Waals surface area contributed by atoms with Crippen LogP contribution in [0.5, 0.6) is 0 Å². The van der Waals surface area contributed by atoms with Crippen LogP contribution in [0.25, 0.3) is 0 Å². The van der Waals surface area contributed by atoms with Gasteiger partial charge in [-0.1, -0.05) is 24.3 Å². The molecule has 0 radical (unpaired) electrons. The molecule has 64 valence electrons. The van der Waals surface area contributed by atoms with Gasteiger partial charge in [0.05, 0.1) is 0 Å². The van der Waals surface area contributed by atoms with Gasteiger partial charge in [0.25, 0.3) is 0 Å². The number of carbonyl (C=O) groups is 1. The Bertz CT molecular complexity index is 290. The maximum atomic E-state index is 10.5. The van der Waals surface area contributed by atoms with Crippen LogP contribution in [-0.2, 0) is 10.4 Å². The van der Waals surface area contributed by atoms with E-state index in [0.717, 1.165) is 5.56 Å². The maximum absolute atomic E-state index is 10.5. The van der Waals surface area contributed by atoms with Crippen molar-refractivity contribution in [2.24, 2.45) is 0 Å². The molecule has 1 aromatic carbocycles. The summed E-state index contributed by atoms with van der Waals surface area (Å²) in [4.78, 5) is 10.5. The lowest BCUT2D eigenvalue weighted by atomic mass is 9.94. The highest BCUT2D eigenvalue weighted by Gasteiger charge is 2.22. The van der Waals surface area contributed by atoms with Gasteiger partial charge in [-0.2, -0.15) is 0 Å². The number of carbonyl (C=O) groups excluding carboxylic acids is 1. The van der Waals surface area contributed by atoms with Gasteiger partial charge in [-0.3, -0.25) is 4.79 Å². The Morgan fingerprint density at radius 2 is 2.00 bits per heavy atom. The first-order chi connectivity index (χ1) is 5.58. The summed E-state index contributed by atoms with van der Waals surface area (Å²) in [6.45, 7) is 3.36. The van der Waals surface area contributed by atoms with Gasteiger partial charge in [-0.15, -0.1) is 0 Å². The molecule has 0 heterocycles. The van der Waals surface area contributed by atoms with Crippen molar-refractivity contribution in [3.05, 3.63) is 35.4 Å². The van der Waals surface area contributed by atoms with Crippen LogP contribution in [0.15, 0.2) is 24.3 Å². The van der Waals surface area contributed by atoms with E-state index in [4.69, 9.17) is 0 Å². The first-order valence-corrected chi connectivity index (χ1v) is 3.83. The lowest BCUT2D eigenvalue weighted by molar-refractivity contribution is -0.123. The molecule has 0 aliphatic heterocycles. The second kappa shape index (κ2) is 3.07. The van der Waals surface area contributed by atoms with E-state index in [-0.39, 0.29) is 0 Å². The number of aldehydes is 1. The highest BCUT2D eigenvalue weighted by molar-refractivity contribution is 5.65. The Kier molecular flexibility index (Phi) is 2.29. The van der Waals surface area contributed by atoms with E-state index in [1.807, 2.05) is 19.1 Å². The van der Waals surface area contributed by atoms with Gasteiger partial charge in [0.2, 0.25) is 0 Å². The van der Waals surface area contributed by atoms with Gasteiger partial charge in [-0.05, 0) is 25.0 Å². The van der Waals surface area contributed by atoms with Crippen molar-refractivity contribution in [2.75, 3.05) is 0 Å². The normalized spacial score (nSPS) is 15.2. The van der Waals surface area contributed by atoms with Gasteiger partial charge in [-0.25, -0.2) is 0 Å². The molecule has 0 aromatic heterocycles. The fourth-order valence-corrected chi connectivity index (χ4v) is 1.20. The third-order valence-electron chi connectivity index (χ3n) is 1.92. The summed E-state index contributed by atoms with van der Waals surface area (Å²) >= 11 is 0. The van der Waals surface area contributed by atoms with Crippen LogP contribution in [0, 0.1) is 6.92 Å². The Morgan fingerprint density at radius 3 is 2.50 bits per heavy atom.